The lowest BCUT2D eigenvalue weighted by atomic mass is 10.2. The number of aromatic amines is 2. The normalized spacial score (nSPS) is 10.9. The Labute approximate surface area is 206 Å². The van der Waals surface area contributed by atoms with Crippen LogP contribution in [0.2, 0.25) is 0 Å². The van der Waals surface area contributed by atoms with Crippen molar-refractivity contribution in [3.05, 3.63) is 9.54 Å². The molecule has 4 N–H and O–H groups in total. The number of hydrogen-bond acceptors (Lipinski definition) is 12. The van der Waals surface area contributed by atoms with Crippen LogP contribution >= 0.6 is 48.0 Å². The van der Waals surface area contributed by atoms with E-state index in [0.717, 1.165) is 37.7 Å². The Hall–Kier alpha value is -1.32. The van der Waals surface area contributed by atoms with E-state index < -0.39 is 0 Å². The summed E-state index contributed by atoms with van der Waals surface area (Å²) in [7, 11) is 0. The average Bonchev–Trinajstić information content (AvgIpc) is 2.74. The number of unbranched alkanes of at least 4 members (excludes halogenated alkanes) is 3. The molecule has 0 unspecified atom stereocenters. The first-order chi connectivity index (χ1) is 15.6. The summed E-state index contributed by atoms with van der Waals surface area (Å²) in [4.78, 5) is 22.6. The van der Waals surface area contributed by atoms with Gasteiger partial charge in [0.1, 0.15) is 0 Å². The van der Waals surface area contributed by atoms with Crippen LogP contribution < -0.4 is 20.1 Å². The van der Waals surface area contributed by atoms with Gasteiger partial charge in [-0.25, -0.2) is 0 Å². The standard InChI is InChI=1S/C18H30N8O2S4/c1-3-27-13-21-15(29)25-17(23-13)31-11-19-9-7-5-6-8-10-20-12-32-18-24-14(28-4-2)22-16(30)26-18/h19-20H,3-12H2,1-2H3,(H,21,23,25,29)(H,22,24,26,30). The van der Waals surface area contributed by atoms with E-state index in [0.29, 0.717) is 45.1 Å². The molecule has 2 aromatic rings. The summed E-state index contributed by atoms with van der Waals surface area (Å²) in [6.07, 6.45) is 4.63. The zero-order chi connectivity index (χ0) is 23.0. The number of thioether (sulfide) groups is 2. The molecule has 32 heavy (non-hydrogen) atoms. The zero-order valence-corrected chi connectivity index (χ0v) is 21.6. The highest BCUT2D eigenvalue weighted by Crippen LogP contribution is 2.14. The van der Waals surface area contributed by atoms with E-state index in [9.17, 15) is 0 Å². The maximum Gasteiger partial charge on any atom is 0.298 e. The molecule has 0 amide bonds. The molecule has 0 aliphatic rings. The fourth-order valence-electron chi connectivity index (χ4n) is 2.46. The Morgan fingerprint density at radius 2 is 1.16 bits per heavy atom. The number of aromatic nitrogens is 6. The van der Waals surface area contributed by atoms with Gasteiger partial charge in [-0.05, 0) is 64.2 Å². The summed E-state index contributed by atoms with van der Waals surface area (Å²) in [5, 5.41) is 8.02. The molecule has 0 aromatic carbocycles. The van der Waals surface area contributed by atoms with E-state index in [1.165, 1.54) is 36.4 Å². The number of nitrogens with zero attached hydrogens (tertiary/aromatic N) is 4. The van der Waals surface area contributed by atoms with Crippen LogP contribution in [0.3, 0.4) is 0 Å². The van der Waals surface area contributed by atoms with Crippen molar-refractivity contribution in [3.8, 4) is 12.0 Å². The third-order valence-electron chi connectivity index (χ3n) is 3.84. The number of H-pyrrole nitrogens is 2. The molecule has 0 radical (unpaired) electrons. The second-order valence-corrected chi connectivity index (χ2v) is 9.00. The number of ether oxygens (including phenoxy) is 2. The first-order valence-electron chi connectivity index (χ1n) is 10.5. The van der Waals surface area contributed by atoms with Crippen LogP contribution in [0.5, 0.6) is 12.0 Å². The molecule has 14 heteroatoms. The van der Waals surface area contributed by atoms with Crippen molar-refractivity contribution in [1.29, 1.82) is 0 Å². The Balaban J connectivity index is 1.46. The number of rotatable bonds is 17. The molecule has 0 aliphatic heterocycles. The van der Waals surface area contributed by atoms with Crippen molar-refractivity contribution < 1.29 is 9.47 Å². The second-order valence-electron chi connectivity index (χ2n) is 6.34. The van der Waals surface area contributed by atoms with Gasteiger partial charge in [0, 0.05) is 11.8 Å². The number of nitrogens with one attached hydrogen (secondary N) is 4. The van der Waals surface area contributed by atoms with Crippen LogP contribution in [0.25, 0.3) is 0 Å². The van der Waals surface area contributed by atoms with Gasteiger partial charge in [-0.15, -0.1) is 0 Å². The van der Waals surface area contributed by atoms with Crippen LogP contribution in [0.4, 0.5) is 0 Å². The van der Waals surface area contributed by atoms with E-state index in [4.69, 9.17) is 33.9 Å². The third-order valence-corrected chi connectivity index (χ3v) is 5.81. The summed E-state index contributed by atoms with van der Waals surface area (Å²) in [6.45, 7) is 6.79. The smallest absolute Gasteiger partial charge is 0.298 e. The maximum absolute atomic E-state index is 5.34. The topological polar surface area (TPSA) is 126 Å². The van der Waals surface area contributed by atoms with Crippen LogP contribution in [-0.2, 0) is 0 Å². The Kier molecular flexibility index (Phi) is 13.7. The minimum Gasteiger partial charge on any atom is -0.465 e. The van der Waals surface area contributed by atoms with E-state index in [1.54, 1.807) is 0 Å². The molecule has 2 aromatic heterocycles. The van der Waals surface area contributed by atoms with Crippen LogP contribution in [0.1, 0.15) is 39.5 Å². The first kappa shape index (κ1) is 26.9. The van der Waals surface area contributed by atoms with Gasteiger partial charge in [0.05, 0.1) is 13.2 Å². The molecule has 178 valence electrons. The Morgan fingerprint density at radius 1 is 0.719 bits per heavy atom. The lowest BCUT2D eigenvalue weighted by Gasteiger charge is -2.07. The monoisotopic (exact) mass is 518 g/mol. The Morgan fingerprint density at radius 3 is 1.56 bits per heavy atom. The fourth-order valence-corrected chi connectivity index (χ4v) is 4.28. The fraction of sp³-hybridized carbons (Fsp3) is 0.667. The minimum atomic E-state index is 0.383. The van der Waals surface area contributed by atoms with Gasteiger partial charge in [-0.1, -0.05) is 36.4 Å². The van der Waals surface area contributed by atoms with Crippen molar-refractivity contribution in [2.75, 3.05) is 38.1 Å². The lowest BCUT2D eigenvalue weighted by Crippen LogP contribution is -2.16. The predicted molar refractivity (Wildman–Crippen MR) is 133 cm³/mol. The van der Waals surface area contributed by atoms with Gasteiger partial charge in [-0.3, -0.25) is 9.97 Å². The molecule has 2 heterocycles. The lowest BCUT2D eigenvalue weighted by molar-refractivity contribution is 0.306. The molecule has 0 bridgehead atoms. The summed E-state index contributed by atoms with van der Waals surface area (Å²) in [5.41, 5.74) is 0. The molecule has 0 spiro atoms. The van der Waals surface area contributed by atoms with Gasteiger partial charge in [-0.2, -0.15) is 19.9 Å². The van der Waals surface area contributed by atoms with Crippen molar-refractivity contribution >= 4 is 48.0 Å². The molecular formula is C18H30N8O2S4. The molecule has 2 rings (SSSR count). The summed E-state index contributed by atoms with van der Waals surface area (Å²) in [6, 6.07) is 0.828. The van der Waals surface area contributed by atoms with Crippen LogP contribution in [0.15, 0.2) is 10.3 Å². The number of hydrogen-bond donors (Lipinski definition) is 4. The summed E-state index contributed by atoms with van der Waals surface area (Å²) >= 11 is 13.2. The SMILES string of the molecule is CCOc1nc(SCNCCCCCCNCSc2nc(OCC)[nH]c(=S)n2)nc(=S)[nH]1. The van der Waals surface area contributed by atoms with E-state index >= 15 is 0 Å². The van der Waals surface area contributed by atoms with Crippen LogP contribution in [0, 0.1) is 9.54 Å². The summed E-state index contributed by atoms with van der Waals surface area (Å²) < 4.78 is 11.5. The molecule has 0 aliphatic carbocycles. The predicted octanol–water partition coefficient (Wildman–Crippen LogP) is 3.72. The molecular weight excluding hydrogens is 489 g/mol. The average molecular weight is 519 g/mol. The van der Waals surface area contributed by atoms with Gasteiger partial charge >= 0.3 is 0 Å². The minimum absolute atomic E-state index is 0.383. The third kappa shape index (κ3) is 11.5. The Bertz CT molecular complexity index is 838. The molecule has 0 atom stereocenters. The van der Waals surface area contributed by atoms with Gasteiger partial charge in [0.25, 0.3) is 12.0 Å². The molecule has 10 nitrogen and oxygen atoms in total. The van der Waals surface area contributed by atoms with Crippen molar-refractivity contribution in [2.24, 2.45) is 0 Å². The van der Waals surface area contributed by atoms with Crippen LogP contribution in [-0.4, -0.2) is 68.0 Å². The zero-order valence-electron chi connectivity index (χ0n) is 18.3. The van der Waals surface area contributed by atoms with Gasteiger partial charge in [0.2, 0.25) is 9.54 Å². The highest BCUT2D eigenvalue weighted by Gasteiger charge is 2.03. The molecule has 0 fully saturated rings. The highest BCUT2D eigenvalue weighted by atomic mass is 32.2. The van der Waals surface area contributed by atoms with Crippen molar-refractivity contribution in [1.82, 2.24) is 40.5 Å². The van der Waals surface area contributed by atoms with Crippen molar-refractivity contribution in [2.45, 2.75) is 49.8 Å². The largest absolute Gasteiger partial charge is 0.465 e. The quantitative estimate of drug-likeness (QED) is 0.105. The second kappa shape index (κ2) is 16.3. The molecule has 0 saturated carbocycles. The van der Waals surface area contributed by atoms with Gasteiger partial charge in [0.15, 0.2) is 10.3 Å². The first-order valence-corrected chi connectivity index (χ1v) is 13.3. The highest BCUT2D eigenvalue weighted by molar-refractivity contribution is 7.99. The van der Waals surface area contributed by atoms with E-state index in [1.807, 2.05) is 13.8 Å². The molecule has 0 saturated heterocycles. The van der Waals surface area contributed by atoms with E-state index in [2.05, 4.69) is 40.5 Å². The van der Waals surface area contributed by atoms with E-state index in [-0.39, 0.29) is 0 Å². The van der Waals surface area contributed by atoms with Crippen molar-refractivity contribution in [3.63, 3.8) is 0 Å². The maximum atomic E-state index is 5.34. The summed E-state index contributed by atoms with van der Waals surface area (Å²) in [5.74, 6) is 1.47. The van der Waals surface area contributed by atoms with Gasteiger partial charge < -0.3 is 20.1 Å².